The van der Waals surface area contributed by atoms with E-state index in [1.165, 1.54) is 0 Å². The maximum absolute atomic E-state index is 11.6. The molecule has 3 heteroatoms. The van der Waals surface area contributed by atoms with Crippen LogP contribution in [0.1, 0.15) is 11.3 Å². The van der Waals surface area contributed by atoms with E-state index in [4.69, 9.17) is 11.6 Å². The molecular weight excluding hydrogens is 198 g/mol. The van der Waals surface area contributed by atoms with Crippen molar-refractivity contribution in [2.45, 2.75) is 13.8 Å². The van der Waals surface area contributed by atoms with Crippen LogP contribution in [0.5, 0.6) is 0 Å². The molecule has 0 fully saturated rings. The van der Waals surface area contributed by atoms with Crippen LogP contribution in [0.2, 0.25) is 5.02 Å². The van der Waals surface area contributed by atoms with E-state index in [1.807, 2.05) is 25.1 Å². The molecule has 1 aromatic heterocycles. The van der Waals surface area contributed by atoms with E-state index in [0.717, 1.165) is 10.9 Å². The highest BCUT2D eigenvalue weighted by Crippen LogP contribution is 2.23. The molecule has 0 bridgehead atoms. The second-order valence-electron chi connectivity index (χ2n) is 3.44. The molecule has 1 N–H and O–H groups in total. The molecule has 0 unspecified atom stereocenters. The monoisotopic (exact) mass is 207 g/mol. The Labute approximate surface area is 86.5 Å². The minimum Gasteiger partial charge on any atom is -0.324 e. The first-order valence-electron chi connectivity index (χ1n) is 4.38. The number of fused-ring (bicyclic) bond motifs is 1. The number of pyridine rings is 1. The van der Waals surface area contributed by atoms with E-state index >= 15 is 0 Å². The van der Waals surface area contributed by atoms with E-state index in [1.54, 1.807) is 6.92 Å². The van der Waals surface area contributed by atoms with Gasteiger partial charge in [0.15, 0.2) is 0 Å². The molecule has 2 rings (SSSR count). The van der Waals surface area contributed by atoms with Gasteiger partial charge in [0.1, 0.15) is 0 Å². The van der Waals surface area contributed by atoms with Crippen molar-refractivity contribution in [2.24, 2.45) is 0 Å². The number of aryl methyl sites for hydroxylation is 2. The van der Waals surface area contributed by atoms with Crippen LogP contribution in [0.4, 0.5) is 0 Å². The summed E-state index contributed by atoms with van der Waals surface area (Å²) < 4.78 is 0. The smallest absolute Gasteiger partial charge is 0.256 e. The highest BCUT2D eigenvalue weighted by Gasteiger charge is 2.05. The van der Waals surface area contributed by atoms with Gasteiger partial charge in [-0.25, -0.2) is 0 Å². The molecule has 0 amide bonds. The molecule has 0 aliphatic carbocycles. The summed E-state index contributed by atoms with van der Waals surface area (Å²) in [5.41, 5.74) is 1.70. The molecule has 0 saturated carbocycles. The highest BCUT2D eigenvalue weighted by molar-refractivity contribution is 6.36. The molecule has 72 valence electrons. The number of rotatable bonds is 0. The predicted octanol–water partition coefficient (Wildman–Crippen LogP) is 2.80. The molecule has 1 heterocycles. The van der Waals surface area contributed by atoms with Gasteiger partial charge in [0.05, 0.1) is 5.02 Å². The Hall–Kier alpha value is -1.28. The summed E-state index contributed by atoms with van der Waals surface area (Å²) in [5, 5.41) is 2.10. The van der Waals surface area contributed by atoms with Crippen molar-refractivity contribution in [2.75, 3.05) is 0 Å². The standard InChI is InChI=1S/C11H10ClNO/c1-6-3-4-8-9(5-6)11(14)13-7(2)10(8)12/h3-5H,1-2H3,(H,13,14). The van der Waals surface area contributed by atoms with Gasteiger partial charge in [0, 0.05) is 16.5 Å². The molecule has 2 aromatic rings. The molecule has 0 spiro atoms. The molecule has 0 atom stereocenters. The topological polar surface area (TPSA) is 32.9 Å². The van der Waals surface area contributed by atoms with Gasteiger partial charge in [-0.1, -0.05) is 29.3 Å². The Morgan fingerprint density at radius 1 is 1.21 bits per heavy atom. The molecule has 2 nitrogen and oxygen atoms in total. The highest BCUT2D eigenvalue weighted by atomic mass is 35.5. The molecule has 1 aromatic carbocycles. The maximum atomic E-state index is 11.6. The average molecular weight is 208 g/mol. The lowest BCUT2D eigenvalue weighted by atomic mass is 10.1. The van der Waals surface area contributed by atoms with Crippen LogP contribution in [0.3, 0.4) is 0 Å². The minimum absolute atomic E-state index is 0.0781. The predicted molar refractivity (Wildman–Crippen MR) is 59.1 cm³/mol. The zero-order valence-corrected chi connectivity index (χ0v) is 8.77. The van der Waals surface area contributed by atoms with Gasteiger partial charge in [-0.05, 0) is 19.9 Å². The quantitative estimate of drug-likeness (QED) is 0.708. The summed E-state index contributed by atoms with van der Waals surface area (Å²) in [7, 11) is 0. The summed E-state index contributed by atoms with van der Waals surface area (Å²) in [5.74, 6) is 0. The summed E-state index contributed by atoms with van der Waals surface area (Å²) in [6.45, 7) is 3.75. The van der Waals surface area contributed by atoms with Crippen LogP contribution in [0.25, 0.3) is 10.8 Å². The first-order valence-corrected chi connectivity index (χ1v) is 4.76. The van der Waals surface area contributed by atoms with Crippen LogP contribution < -0.4 is 5.56 Å². The molecule has 14 heavy (non-hydrogen) atoms. The first kappa shape index (κ1) is 9.28. The van der Waals surface area contributed by atoms with Crippen molar-refractivity contribution in [3.05, 3.63) is 44.8 Å². The van der Waals surface area contributed by atoms with Crippen molar-refractivity contribution < 1.29 is 0 Å². The van der Waals surface area contributed by atoms with Gasteiger partial charge in [0.25, 0.3) is 5.56 Å². The fourth-order valence-corrected chi connectivity index (χ4v) is 1.74. The second-order valence-corrected chi connectivity index (χ2v) is 3.82. The van der Waals surface area contributed by atoms with E-state index in [-0.39, 0.29) is 5.56 Å². The van der Waals surface area contributed by atoms with Gasteiger partial charge in [-0.2, -0.15) is 0 Å². The van der Waals surface area contributed by atoms with Crippen LogP contribution in [-0.2, 0) is 0 Å². The molecule has 0 saturated heterocycles. The number of hydrogen-bond donors (Lipinski definition) is 1. The Morgan fingerprint density at radius 2 is 1.93 bits per heavy atom. The molecule has 0 radical (unpaired) electrons. The van der Waals surface area contributed by atoms with E-state index in [2.05, 4.69) is 4.98 Å². The Kier molecular flexibility index (Phi) is 2.08. The maximum Gasteiger partial charge on any atom is 0.256 e. The van der Waals surface area contributed by atoms with Crippen LogP contribution in [0.15, 0.2) is 23.0 Å². The summed E-state index contributed by atoms with van der Waals surface area (Å²) in [6, 6.07) is 5.68. The lowest BCUT2D eigenvalue weighted by Gasteiger charge is -2.03. The van der Waals surface area contributed by atoms with E-state index in [0.29, 0.717) is 16.1 Å². The van der Waals surface area contributed by atoms with Crippen molar-refractivity contribution in [3.8, 4) is 0 Å². The fourth-order valence-electron chi connectivity index (χ4n) is 1.53. The van der Waals surface area contributed by atoms with Gasteiger partial charge in [-0.3, -0.25) is 4.79 Å². The Balaban J connectivity index is 3.02. The lowest BCUT2D eigenvalue weighted by molar-refractivity contribution is 1.17. The normalized spacial score (nSPS) is 10.8. The number of benzene rings is 1. The van der Waals surface area contributed by atoms with E-state index < -0.39 is 0 Å². The third-order valence-corrected chi connectivity index (χ3v) is 2.77. The molecular formula is C11H10ClNO. The SMILES string of the molecule is Cc1ccc2c(Cl)c(C)[nH]c(=O)c2c1. The Morgan fingerprint density at radius 3 is 2.64 bits per heavy atom. The van der Waals surface area contributed by atoms with Crippen LogP contribution in [0, 0.1) is 13.8 Å². The van der Waals surface area contributed by atoms with Gasteiger partial charge in [-0.15, -0.1) is 0 Å². The zero-order valence-electron chi connectivity index (χ0n) is 8.02. The Bertz CT molecular complexity index is 557. The summed E-state index contributed by atoms with van der Waals surface area (Å²) >= 11 is 6.08. The largest absolute Gasteiger partial charge is 0.324 e. The van der Waals surface area contributed by atoms with E-state index in [9.17, 15) is 4.79 Å². The minimum atomic E-state index is -0.0781. The summed E-state index contributed by atoms with van der Waals surface area (Å²) in [6.07, 6.45) is 0. The number of halogens is 1. The third kappa shape index (κ3) is 1.32. The average Bonchev–Trinajstić information content (AvgIpc) is 2.14. The van der Waals surface area contributed by atoms with Crippen LogP contribution in [-0.4, -0.2) is 4.98 Å². The number of H-pyrrole nitrogens is 1. The molecule has 0 aliphatic heterocycles. The third-order valence-electron chi connectivity index (χ3n) is 2.29. The number of aromatic nitrogens is 1. The number of hydrogen-bond acceptors (Lipinski definition) is 1. The number of nitrogens with one attached hydrogen (secondary N) is 1. The number of aromatic amines is 1. The van der Waals surface area contributed by atoms with Crippen molar-refractivity contribution >= 4 is 22.4 Å². The fraction of sp³-hybridized carbons (Fsp3) is 0.182. The van der Waals surface area contributed by atoms with Gasteiger partial charge in [0.2, 0.25) is 0 Å². The second kappa shape index (κ2) is 3.14. The molecule has 0 aliphatic rings. The lowest BCUT2D eigenvalue weighted by Crippen LogP contribution is -2.08. The van der Waals surface area contributed by atoms with Crippen molar-refractivity contribution in [1.82, 2.24) is 4.98 Å². The van der Waals surface area contributed by atoms with Crippen LogP contribution >= 0.6 is 11.6 Å². The summed E-state index contributed by atoms with van der Waals surface area (Å²) in [4.78, 5) is 14.3. The van der Waals surface area contributed by atoms with Gasteiger partial charge < -0.3 is 4.98 Å². The van der Waals surface area contributed by atoms with Crippen molar-refractivity contribution in [3.63, 3.8) is 0 Å². The van der Waals surface area contributed by atoms with Gasteiger partial charge >= 0.3 is 0 Å². The van der Waals surface area contributed by atoms with Crippen molar-refractivity contribution in [1.29, 1.82) is 0 Å². The zero-order chi connectivity index (χ0) is 10.3. The first-order chi connectivity index (χ1) is 6.59.